The Labute approximate surface area is 337 Å². The van der Waals surface area contributed by atoms with Crippen molar-refractivity contribution < 1.29 is 37.8 Å². The van der Waals surface area contributed by atoms with Crippen LogP contribution >= 0.6 is 0 Å². The summed E-state index contributed by atoms with van der Waals surface area (Å²) in [6.07, 6.45) is 1.84. The van der Waals surface area contributed by atoms with Crippen LogP contribution in [0.5, 0.6) is 11.5 Å². The molecule has 1 spiro atoms. The summed E-state index contributed by atoms with van der Waals surface area (Å²) in [5, 5.41) is 23.6. The molecular formula is C43H47FN6O7Si. The second-order valence-corrected chi connectivity index (χ2v) is 19.0. The van der Waals surface area contributed by atoms with Crippen LogP contribution in [0.1, 0.15) is 50.9 Å². The number of hydrogen-bond donors (Lipinski definition) is 3. The average molecular weight is 807 g/mol. The van der Waals surface area contributed by atoms with Gasteiger partial charge in [0.05, 0.1) is 38.2 Å². The van der Waals surface area contributed by atoms with E-state index in [1.54, 1.807) is 116 Å². The van der Waals surface area contributed by atoms with Gasteiger partial charge in [-0.2, -0.15) is 0 Å². The lowest BCUT2D eigenvalue weighted by Crippen LogP contribution is -2.45. The van der Waals surface area contributed by atoms with Gasteiger partial charge in [-0.3, -0.25) is 19.1 Å². The molecule has 13 nitrogen and oxygen atoms in total. The number of nitrogens with zero attached hydrogens (tertiary/aromatic N) is 4. The first-order valence-corrected chi connectivity index (χ1v) is 22.1. The summed E-state index contributed by atoms with van der Waals surface area (Å²) >= 11 is 0. The first-order valence-electron chi connectivity index (χ1n) is 19.2. The number of anilines is 3. The smallest absolute Gasteiger partial charge is 0.264 e. The molecular weight excluding hydrogens is 760 g/mol. The molecule has 0 radical (unpaired) electrons. The minimum absolute atomic E-state index is 0.0582. The number of rotatable bonds is 14. The number of aliphatic hydroxyl groups is 1. The first-order chi connectivity index (χ1) is 27.8. The van der Waals surface area contributed by atoms with Gasteiger partial charge in [0.25, 0.3) is 17.7 Å². The van der Waals surface area contributed by atoms with E-state index < -0.39 is 31.6 Å². The predicted molar refractivity (Wildman–Crippen MR) is 219 cm³/mol. The van der Waals surface area contributed by atoms with Crippen molar-refractivity contribution in [2.75, 3.05) is 36.4 Å². The lowest BCUT2D eigenvalue weighted by Gasteiger charge is -2.31. The molecule has 15 heteroatoms. The number of aryl methyl sites for hydroxylation is 1. The van der Waals surface area contributed by atoms with Crippen molar-refractivity contribution in [3.8, 4) is 11.5 Å². The van der Waals surface area contributed by atoms with Crippen molar-refractivity contribution in [2.24, 2.45) is 5.92 Å². The second kappa shape index (κ2) is 16.5. The highest BCUT2D eigenvalue weighted by Gasteiger charge is 2.66. The van der Waals surface area contributed by atoms with Gasteiger partial charge in [0, 0.05) is 65.3 Å². The zero-order chi connectivity index (χ0) is 41.2. The van der Waals surface area contributed by atoms with Crippen LogP contribution in [0.3, 0.4) is 0 Å². The van der Waals surface area contributed by atoms with E-state index >= 15 is 8.90 Å². The number of amides is 3. The number of fused-ring (bicyclic) bond motifs is 2. The summed E-state index contributed by atoms with van der Waals surface area (Å²) in [5.41, 5.74) is 2.23. The van der Waals surface area contributed by atoms with Crippen LogP contribution in [0.2, 0.25) is 18.6 Å². The van der Waals surface area contributed by atoms with E-state index in [0.29, 0.717) is 70.3 Å². The molecule has 0 saturated carbocycles. The van der Waals surface area contributed by atoms with Crippen LogP contribution in [-0.4, -0.2) is 73.2 Å². The third-order valence-electron chi connectivity index (χ3n) is 11.0. The number of methoxy groups -OCH3 is 2. The predicted octanol–water partition coefficient (Wildman–Crippen LogP) is 6.75. The fourth-order valence-corrected chi connectivity index (χ4v) is 10.9. The minimum atomic E-state index is -3.49. The Balaban J connectivity index is 1.22. The summed E-state index contributed by atoms with van der Waals surface area (Å²) in [5.74, 6) is -0.318. The number of nitrogens with one attached hydrogen (secondary N) is 2. The third kappa shape index (κ3) is 7.97. The average Bonchev–Trinajstić information content (AvgIpc) is 3.86. The van der Waals surface area contributed by atoms with E-state index in [9.17, 15) is 14.7 Å². The normalized spacial score (nSPS) is 19.9. The lowest BCUT2D eigenvalue weighted by atomic mass is 9.82. The number of benzene rings is 4. The molecule has 3 heterocycles. The first kappa shape index (κ1) is 40.3. The molecule has 58 heavy (non-hydrogen) atoms. The maximum Gasteiger partial charge on any atom is 0.264 e. The fourth-order valence-electron chi connectivity index (χ4n) is 8.31. The number of hydrogen-bond acceptors (Lipinski definition) is 9. The van der Waals surface area contributed by atoms with Crippen LogP contribution in [-0.2, 0) is 34.6 Å². The Morgan fingerprint density at radius 3 is 2.12 bits per heavy atom. The topological polar surface area (TPSA) is 157 Å². The van der Waals surface area contributed by atoms with Crippen molar-refractivity contribution in [2.45, 2.75) is 63.2 Å². The molecule has 3 amide bonds. The minimum Gasteiger partial charge on any atom is -0.497 e. The van der Waals surface area contributed by atoms with Gasteiger partial charge in [0.2, 0.25) is 8.41 Å². The van der Waals surface area contributed by atoms with E-state index in [1.165, 1.54) is 0 Å². The van der Waals surface area contributed by atoms with Crippen molar-refractivity contribution in [1.82, 2.24) is 15.0 Å². The standard InChI is InChI=1S/C43H47FN6O7Si/c1-27-39(58(4,5)44)38(19-21-49-26-33(20-22-51)47-48-49)57-43(27)36-24-32(46-41(53)30-11-16-35(56-3)17-12-30)13-18-37(36)50(42(43)54)25-28-7-6-8-31(23-28)45-40(52)29-9-14-34(55-2)15-10-29/h6-18,23-24,26-27,38-39,51H,19-22,25H2,1-5H3,(H,45,52)(H,46,53)/t27-,38+,39-,43+/m1/s1. The number of aromatic nitrogens is 3. The quantitative estimate of drug-likeness (QED) is 0.0817. The monoisotopic (exact) mass is 806 g/mol. The van der Waals surface area contributed by atoms with E-state index in [4.69, 9.17) is 14.2 Å². The zero-order valence-electron chi connectivity index (χ0n) is 33.1. The van der Waals surface area contributed by atoms with Crippen molar-refractivity contribution >= 4 is 43.2 Å². The highest BCUT2D eigenvalue weighted by molar-refractivity contribution is 6.72. The summed E-state index contributed by atoms with van der Waals surface area (Å²) in [6.45, 7) is 5.62. The van der Waals surface area contributed by atoms with Crippen molar-refractivity contribution in [1.29, 1.82) is 0 Å². The Morgan fingerprint density at radius 1 is 0.914 bits per heavy atom. The Bertz CT molecular complexity index is 2300. The molecule has 1 saturated heterocycles. The molecule has 7 rings (SSSR count). The van der Waals surface area contributed by atoms with Crippen molar-refractivity contribution in [3.05, 3.63) is 125 Å². The molecule has 3 N–H and O–H groups in total. The summed E-state index contributed by atoms with van der Waals surface area (Å²) < 4.78 is 35.6. The van der Waals surface area contributed by atoms with Gasteiger partial charge >= 0.3 is 0 Å². The number of halogens is 1. The Hall–Kier alpha value is -5.90. The summed E-state index contributed by atoms with van der Waals surface area (Å²) in [4.78, 5) is 43.3. The van der Waals surface area contributed by atoms with Crippen molar-refractivity contribution in [3.63, 3.8) is 0 Å². The molecule has 5 aromatic rings. The van der Waals surface area contributed by atoms with Crippen LogP contribution in [0.4, 0.5) is 21.2 Å². The molecule has 0 bridgehead atoms. The molecule has 302 valence electrons. The van der Waals surface area contributed by atoms with Gasteiger partial charge in [-0.15, -0.1) is 5.10 Å². The SMILES string of the molecule is COc1ccc(C(=O)Nc2cccc(CN3C(=O)[C@@]4(O[C@@H](CCn5cc(CCO)nn5)[C@H]([Si](C)(C)F)[C@H]4C)c4cc(NC(=O)c5ccc(OC)cc5)ccc43)c2)cc1. The van der Waals surface area contributed by atoms with Gasteiger partial charge in [-0.1, -0.05) is 24.3 Å². The van der Waals surface area contributed by atoms with Gasteiger partial charge in [-0.25, -0.2) is 0 Å². The summed E-state index contributed by atoms with van der Waals surface area (Å²) in [7, 11) is -0.376. The number of carbonyl (C=O) groups excluding carboxylic acids is 3. The van der Waals surface area contributed by atoms with Gasteiger partial charge in [0.1, 0.15) is 11.5 Å². The molecule has 1 aromatic heterocycles. The van der Waals surface area contributed by atoms with E-state index in [-0.39, 0.29) is 30.9 Å². The molecule has 4 aromatic carbocycles. The van der Waals surface area contributed by atoms with Gasteiger partial charge in [0.15, 0.2) is 5.60 Å². The molecule has 1 fully saturated rings. The highest BCUT2D eigenvalue weighted by atomic mass is 28.4. The van der Waals surface area contributed by atoms with E-state index in [2.05, 4.69) is 20.9 Å². The Morgan fingerprint density at radius 2 is 1.53 bits per heavy atom. The van der Waals surface area contributed by atoms with E-state index in [0.717, 1.165) is 5.56 Å². The highest BCUT2D eigenvalue weighted by Crippen LogP contribution is 2.60. The second-order valence-electron chi connectivity index (χ2n) is 15.2. The molecule has 2 aliphatic heterocycles. The molecule has 4 atom stereocenters. The van der Waals surface area contributed by atoms with Crippen LogP contribution in [0, 0.1) is 5.92 Å². The maximum absolute atomic E-state index is 16.6. The largest absolute Gasteiger partial charge is 0.497 e. The molecule has 2 aliphatic rings. The maximum atomic E-state index is 16.6. The van der Waals surface area contributed by atoms with Crippen LogP contribution in [0.25, 0.3) is 0 Å². The number of carbonyl (C=O) groups is 3. The molecule has 0 aliphatic carbocycles. The summed E-state index contributed by atoms with van der Waals surface area (Å²) in [6, 6.07) is 26.1. The Kier molecular flexibility index (Phi) is 11.5. The molecule has 0 unspecified atom stereocenters. The third-order valence-corrected chi connectivity index (χ3v) is 13.5. The van der Waals surface area contributed by atoms with Gasteiger partial charge < -0.3 is 39.0 Å². The number of aliphatic hydroxyl groups excluding tert-OH is 1. The lowest BCUT2D eigenvalue weighted by molar-refractivity contribution is -0.146. The van der Waals surface area contributed by atoms with Crippen LogP contribution in [0.15, 0.2) is 97.2 Å². The fraction of sp³-hybridized carbons (Fsp3) is 0.326. The van der Waals surface area contributed by atoms with Crippen LogP contribution < -0.4 is 25.0 Å². The number of ether oxygens (including phenoxy) is 3. The van der Waals surface area contributed by atoms with E-state index in [1.807, 2.05) is 25.1 Å². The zero-order valence-corrected chi connectivity index (χ0v) is 34.1. The van der Waals surface area contributed by atoms with Gasteiger partial charge in [-0.05, 0) is 104 Å².